The van der Waals surface area contributed by atoms with E-state index in [0.717, 1.165) is 21.1 Å². The van der Waals surface area contributed by atoms with E-state index in [9.17, 15) is 0 Å². The molecule has 1 aromatic carbocycles. The van der Waals surface area contributed by atoms with E-state index in [1.54, 1.807) is 18.8 Å². The van der Waals surface area contributed by atoms with Gasteiger partial charge in [0.15, 0.2) is 0 Å². The van der Waals surface area contributed by atoms with Crippen molar-refractivity contribution in [1.82, 2.24) is 0 Å². The van der Waals surface area contributed by atoms with Crippen LogP contribution in [0.5, 0.6) is 0 Å². The molecule has 0 atom stereocenters. The van der Waals surface area contributed by atoms with Crippen LogP contribution in [0.4, 0.5) is 0 Å². The van der Waals surface area contributed by atoms with Gasteiger partial charge in [-0.05, 0) is 32.4 Å². The largest absolute Gasteiger partial charge is 0.287 e. The van der Waals surface area contributed by atoms with Gasteiger partial charge in [0.2, 0.25) is 0 Å². The number of aryl methyl sites for hydroxylation is 2. The Morgan fingerprint density at radius 3 is 2.53 bits per heavy atom. The molecule has 0 bridgehead atoms. The van der Waals surface area contributed by atoms with Crippen molar-refractivity contribution < 1.29 is 0 Å². The highest BCUT2D eigenvalue weighted by molar-refractivity contribution is 8.07. The summed E-state index contributed by atoms with van der Waals surface area (Å²) < 4.78 is 0. The predicted molar refractivity (Wildman–Crippen MR) is 89.1 cm³/mol. The monoisotopic (exact) mass is 271 g/mol. The lowest BCUT2D eigenvalue weighted by atomic mass is 10.0. The third-order valence-corrected chi connectivity index (χ3v) is 3.58. The highest BCUT2D eigenvalue weighted by Gasteiger charge is 2.11. The number of rotatable bonds is 5. The molecule has 100 valence electrons. The number of thioether (sulfide) groups is 1. The van der Waals surface area contributed by atoms with E-state index < -0.39 is 0 Å². The Kier molecular flexibility index (Phi) is 5.84. The standard InChI is InChI=1S/C17H21NS/c1-7-8-14(4)19-15(5)17(18-6)16-11-12(2)9-10-13(16)3/h7-11H,4-5H2,1-3,6H3/b8-7-,18-17-. The zero-order valence-electron chi connectivity index (χ0n) is 12.2. The molecule has 0 aliphatic heterocycles. The summed E-state index contributed by atoms with van der Waals surface area (Å²) in [5, 5.41) is 0. The first-order chi connectivity index (χ1) is 8.99. The van der Waals surface area contributed by atoms with Crippen LogP contribution in [0.25, 0.3) is 0 Å². The molecule has 0 saturated heterocycles. The van der Waals surface area contributed by atoms with Gasteiger partial charge in [-0.25, -0.2) is 0 Å². The van der Waals surface area contributed by atoms with Gasteiger partial charge in [-0.3, -0.25) is 4.99 Å². The van der Waals surface area contributed by atoms with E-state index in [4.69, 9.17) is 0 Å². The fraction of sp³-hybridized carbons (Fsp3) is 0.235. The summed E-state index contributed by atoms with van der Waals surface area (Å²) in [5.41, 5.74) is 4.53. The molecular weight excluding hydrogens is 250 g/mol. The van der Waals surface area contributed by atoms with Gasteiger partial charge in [0.1, 0.15) is 0 Å². The lowest BCUT2D eigenvalue weighted by Crippen LogP contribution is -2.05. The van der Waals surface area contributed by atoms with E-state index in [1.807, 2.05) is 19.1 Å². The van der Waals surface area contributed by atoms with Gasteiger partial charge in [-0.2, -0.15) is 0 Å². The van der Waals surface area contributed by atoms with Crippen LogP contribution >= 0.6 is 11.8 Å². The third kappa shape index (κ3) is 4.25. The second-order valence-electron chi connectivity index (χ2n) is 4.38. The average molecular weight is 271 g/mol. The SMILES string of the molecule is C=C(/C=C\C)SC(=C)/C(=N/C)c1cc(C)ccc1C. The van der Waals surface area contributed by atoms with E-state index in [2.05, 4.69) is 50.2 Å². The molecule has 0 aromatic heterocycles. The van der Waals surface area contributed by atoms with Crippen LogP contribution in [0.1, 0.15) is 23.6 Å². The van der Waals surface area contributed by atoms with Crippen molar-refractivity contribution in [2.24, 2.45) is 4.99 Å². The fourth-order valence-electron chi connectivity index (χ4n) is 1.81. The Bertz CT molecular complexity index is 550. The molecule has 0 fully saturated rings. The Labute approximate surface area is 120 Å². The van der Waals surface area contributed by atoms with Crippen molar-refractivity contribution in [3.8, 4) is 0 Å². The van der Waals surface area contributed by atoms with Crippen LogP contribution in [0, 0.1) is 13.8 Å². The number of allylic oxidation sites excluding steroid dienone is 3. The zero-order valence-corrected chi connectivity index (χ0v) is 13.0. The van der Waals surface area contributed by atoms with Crippen molar-refractivity contribution in [3.05, 3.63) is 70.0 Å². The van der Waals surface area contributed by atoms with E-state index in [-0.39, 0.29) is 0 Å². The number of hydrogen-bond donors (Lipinski definition) is 0. The van der Waals surface area contributed by atoms with Gasteiger partial charge in [-0.15, -0.1) is 0 Å². The van der Waals surface area contributed by atoms with E-state index in [1.165, 1.54) is 11.1 Å². The summed E-state index contributed by atoms with van der Waals surface area (Å²) in [6.45, 7) is 14.3. The number of hydrogen-bond acceptors (Lipinski definition) is 2. The summed E-state index contributed by atoms with van der Waals surface area (Å²) in [7, 11) is 1.81. The van der Waals surface area contributed by atoms with E-state index in [0.29, 0.717) is 0 Å². The van der Waals surface area contributed by atoms with Crippen LogP contribution in [0.15, 0.2) is 58.3 Å². The molecule has 0 aliphatic rings. The highest BCUT2D eigenvalue weighted by atomic mass is 32.2. The minimum Gasteiger partial charge on any atom is -0.287 e. The molecular formula is C17H21NS. The number of benzene rings is 1. The number of aliphatic imine (C=N–C) groups is 1. The molecule has 0 spiro atoms. The maximum absolute atomic E-state index is 4.40. The van der Waals surface area contributed by atoms with Gasteiger partial charge in [0, 0.05) is 22.4 Å². The van der Waals surface area contributed by atoms with E-state index >= 15 is 0 Å². The van der Waals surface area contributed by atoms with Crippen molar-refractivity contribution in [2.75, 3.05) is 7.05 Å². The Morgan fingerprint density at radius 2 is 1.95 bits per heavy atom. The topological polar surface area (TPSA) is 12.4 Å². The summed E-state index contributed by atoms with van der Waals surface area (Å²) in [6, 6.07) is 6.39. The lowest BCUT2D eigenvalue weighted by molar-refractivity contribution is 1.35. The Balaban J connectivity index is 3.05. The normalized spacial score (nSPS) is 11.9. The highest BCUT2D eigenvalue weighted by Crippen LogP contribution is 2.28. The van der Waals surface area contributed by atoms with Crippen molar-refractivity contribution in [3.63, 3.8) is 0 Å². The van der Waals surface area contributed by atoms with Crippen LogP contribution < -0.4 is 0 Å². The van der Waals surface area contributed by atoms with Crippen molar-refractivity contribution in [2.45, 2.75) is 20.8 Å². The molecule has 0 aliphatic carbocycles. The van der Waals surface area contributed by atoms with Gasteiger partial charge in [-0.1, -0.05) is 54.8 Å². The minimum atomic E-state index is 0.930. The molecule has 0 unspecified atom stereocenters. The van der Waals surface area contributed by atoms with Crippen molar-refractivity contribution >= 4 is 17.5 Å². The third-order valence-electron chi connectivity index (χ3n) is 2.74. The van der Waals surface area contributed by atoms with Crippen LogP contribution in [0.3, 0.4) is 0 Å². The Morgan fingerprint density at radius 1 is 1.26 bits per heavy atom. The maximum atomic E-state index is 4.40. The zero-order chi connectivity index (χ0) is 14.4. The van der Waals surface area contributed by atoms with Gasteiger partial charge in [0.25, 0.3) is 0 Å². The van der Waals surface area contributed by atoms with Crippen LogP contribution in [-0.4, -0.2) is 12.8 Å². The van der Waals surface area contributed by atoms with Gasteiger partial charge < -0.3 is 0 Å². The molecule has 0 heterocycles. The van der Waals surface area contributed by atoms with Crippen molar-refractivity contribution in [1.29, 1.82) is 0 Å². The molecule has 0 saturated carbocycles. The molecule has 0 radical (unpaired) electrons. The smallest absolute Gasteiger partial charge is 0.0779 e. The maximum Gasteiger partial charge on any atom is 0.0779 e. The molecule has 0 amide bonds. The second kappa shape index (κ2) is 7.15. The minimum absolute atomic E-state index is 0.930. The predicted octanol–water partition coefficient (Wildman–Crippen LogP) is 5.06. The Hall–Kier alpha value is -1.54. The van der Waals surface area contributed by atoms with Crippen LogP contribution in [0.2, 0.25) is 0 Å². The summed E-state index contributed by atoms with van der Waals surface area (Å²) >= 11 is 1.56. The molecule has 2 heteroatoms. The number of nitrogens with zero attached hydrogens (tertiary/aromatic N) is 1. The average Bonchev–Trinajstić information content (AvgIpc) is 2.34. The molecule has 1 aromatic rings. The van der Waals surface area contributed by atoms with Crippen LogP contribution in [-0.2, 0) is 0 Å². The van der Waals surface area contributed by atoms with Gasteiger partial charge >= 0.3 is 0 Å². The fourth-order valence-corrected chi connectivity index (χ4v) is 2.63. The summed E-state index contributed by atoms with van der Waals surface area (Å²) in [6.07, 6.45) is 3.95. The first-order valence-corrected chi connectivity index (χ1v) is 7.04. The summed E-state index contributed by atoms with van der Waals surface area (Å²) in [5.74, 6) is 0. The first kappa shape index (κ1) is 15.5. The lowest BCUT2D eigenvalue weighted by Gasteiger charge is -2.12. The second-order valence-corrected chi connectivity index (χ2v) is 5.60. The molecule has 19 heavy (non-hydrogen) atoms. The van der Waals surface area contributed by atoms with Gasteiger partial charge in [0.05, 0.1) is 5.71 Å². The first-order valence-electron chi connectivity index (χ1n) is 6.22. The molecule has 0 N–H and O–H groups in total. The molecule has 1 rings (SSSR count). The molecule has 1 nitrogen and oxygen atoms in total. The quantitative estimate of drug-likeness (QED) is 0.538. The summed E-state index contributed by atoms with van der Waals surface area (Å²) in [4.78, 5) is 6.31.